The van der Waals surface area contributed by atoms with Crippen LogP contribution in [-0.2, 0) is 22.5 Å². The third-order valence-electron chi connectivity index (χ3n) is 3.99. The molecule has 0 radical (unpaired) electrons. The number of benzene rings is 1. The van der Waals surface area contributed by atoms with Crippen LogP contribution in [0.25, 0.3) is 0 Å². The first-order valence-corrected chi connectivity index (χ1v) is 7.73. The zero-order valence-electron chi connectivity index (χ0n) is 12.6. The van der Waals surface area contributed by atoms with Crippen molar-refractivity contribution in [1.82, 2.24) is 4.90 Å². The van der Waals surface area contributed by atoms with Crippen LogP contribution < -0.4 is 0 Å². The molecule has 2 rings (SSSR count). The van der Waals surface area contributed by atoms with Gasteiger partial charge in [0.05, 0.1) is 6.61 Å². The van der Waals surface area contributed by atoms with E-state index in [0.29, 0.717) is 6.61 Å². The Balaban J connectivity index is 2.02. The van der Waals surface area contributed by atoms with Crippen molar-refractivity contribution in [2.24, 2.45) is 0 Å². The van der Waals surface area contributed by atoms with Crippen LogP contribution in [0, 0.1) is 0 Å². The number of hydrogen-bond donors (Lipinski definition) is 0. The summed E-state index contributed by atoms with van der Waals surface area (Å²) in [5.41, 5.74) is 2.63. The Labute approximate surface area is 121 Å². The lowest BCUT2D eigenvalue weighted by Gasteiger charge is -2.34. The summed E-state index contributed by atoms with van der Waals surface area (Å²) in [5, 5.41) is 0. The van der Waals surface area contributed by atoms with E-state index in [-0.39, 0.29) is 12.0 Å². The van der Waals surface area contributed by atoms with E-state index in [0.717, 1.165) is 32.4 Å². The average Bonchev–Trinajstić information content (AvgIpc) is 2.49. The van der Waals surface area contributed by atoms with Crippen LogP contribution in [0.1, 0.15) is 44.2 Å². The standard InChI is InChI=1S/C17H25NO2/c1-3-14-8-10-15(11-9-14)13-18-12-6-5-7-16(18)17(19)20-4-2/h8-11,16H,3-7,12-13H2,1-2H3/t16-/m1/s1. The molecule has 1 aliphatic rings. The summed E-state index contributed by atoms with van der Waals surface area (Å²) in [6, 6.07) is 8.65. The zero-order chi connectivity index (χ0) is 14.4. The molecule has 20 heavy (non-hydrogen) atoms. The molecule has 1 heterocycles. The van der Waals surface area contributed by atoms with Crippen molar-refractivity contribution in [3.63, 3.8) is 0 Å². The smallest absolute Gasteiger partial charge is 0.323 e. The Morgan fingerprint density at radius 1 is 1.20 bits per heavy atom. The molecule has 1 fully saturated rings. The van der Waals surface area contributed by atoms with Gasteiger partial charge in [-0.2, -0.15) is 0 Å². The highest BCUT2D eigenvalue weighted by Crippen LogP contribution is 2.21. The monoisotopic (exact) mass is 275 g/mol. The predicted octanol–water partition coefficient (Wildman–Crippen LogP) is 3.17. The zero-order valence-corrected chi connectivity index (χ0v) is 12.6. The number of ether oxygens (including phenoxy) is 1. The number of rotatable bonds is 5. The molecule has 0 aliphatic carbocycles. The highest BCUT2D eigenvalue weighted by molar-refractivity contribution is 5.75. The quantitative estimate of drug-likeness (QED) is 0.773. The Bertz CT molecular complexity index is 427. The van der Waals surface area contributed by atoms with Crippen molar-refractivity contribution in [2.45, 2.75) is 52.1 Å². The van der Waals surface area contributed by atoms with E-state index in [4.69, 9.17) is 4.74 Å². The van der Waals surface area contributed by atoms with Crippen molar-refractivity contribution in [3.8, 4) is 0 Å². The third-order valence-corrected chi connectivity index (χ3v) is 3.99. The van der Waals surface area contributed by atoms with E-state index in [1.807, 2.05) is 6.92 Å². The van der Waals surface area contributed by atoms with Gasteiger partial charge >= 0.3 is 5.97 Å². The molecule has 3 heteroatoms. The van der Waals surface area contributed by atoms with E-state index >= 15 is 0 Å². The lowest BCUT2D eigenvalue weighted by Crippen LogP contribution is -2.44. The Morgan fingerprint density at radius 3 is 2.55 bits per heavy atom. The Kier molecular flexibility index (Phi) is 5.60. The van der Waals surface area contributed by atoms with Crippen molar-refractivity contribution < 1.29 is 9.53 Å². The second-order valence-corrected chi connectivity index (χ2v) is 5.40. The van der Waals surface area contributed by atoms with Gasteiger partial charge in [0.25, 0.3) is 0 Å². The van der Waals surface area contributed by atoms with Crippen LogP contribution in [0.2, 0.25) is 0 Å². The predicted molar refractivity (Wildman–Crippen MR) is 80.5 cm³/mol. The number of likely N-dealkylation sites (tertiary alicyclic amines) is 1. The molecule has 110 valence electrons. The van der Waals surface area contributed by atoms with Gasteiger partial charge in [0.15, 0.2) is 0 Å². The molecule has 1 aromatic rings. The second-order valence-electron chi connectivity index (χ2n) is 5.40. The minimum absolute atomic E-state index is 0.0580. The first-order valence-electron chi connectivity index (χ1n) is 7.73. The maximum Gasteiger partial charge on any atom is 0.323 e. The third kappa shape index (κ3) is 3.83. The van der Waals surface area contributed by atoms with Gasteiger partial charge in [0, 0.05) is 6.54 Å². The maximum absolute atomic E-state index is 12.0. The number of carbonyl (C=O) groups excluding carboxylic acids is 1. The van der Waals surface area contributed by atoms with Crippen LogP contribution >= 0.6 is 0 Å². The maximum atomic E-state index is 12.0. The summed E-state index contributed by atoms with van der Waals surface area (Å²) in [4.78, 5) is 14.3. The largest absolute Gasteiger partial charge is 0.465 e. The molecule has 0 aromatic heterocycles. The Hall–Kier alpha value is -1.35. The summed E-state index contributed by atoms with van der Waals surface area (Å²) >= 11 is 0. The lowest BCUT2D eigenvalue weighted by molar-refractivity contribution is -0.151. The molecule has 0 saturated carbocycles. The van der Waals surface area contributed by atoms with E-state index in [1.165, 1.54) is 17.5 Å². The summed E-state index contributed by atoms with van der Waals surface area (Å²) < 4.78 is 5.21. The van der Waals surface area contributed by atoms with Crippen LogP contribution in [0.4, 0.5) is 0 Å². The molecular weight excluding hydrogens is 250 g/mol. The normalized spacial score (nSPS) is 19.8. The SMILES string of the molecule is CCOC(=O)[C@H]1CCCCN1Cc1ccc(CC)cc1. The number of aryl methyl sites for hydroxylation is 1. The average molecular weight is 275 g/mol. The minimum atomic E-state index is -0.0606. The lowest BCUT2D eigenvalue weighted by atomic mass is 10.0. The number of carbonyl (C=O) groups is 1. The first kappa shape index (κ1) is 15.0. The fraction of sp³-hybridized carbons (Fsp3) is 0.588. The van der Waals surface area contributed by atoms with Gasteiger partial charge in [-0.1, -0.05) is 37.6 Å². The molecule has 0 spiro atoms. The van der Waals surface area contributed by atoms with Gasteiger partial charge in [-0.3, -0.25) is 9.69 Å². The van der Waals surface area contributed by atoms with E-state index in [9.17, 15) is 4.79 Å². The minimum Gasteiger partial charge on any atom is -0.465 e. The topological polar surface area (TPSA) is 29.5 Å². The first-order chi connectivity index (χ1) is 9.74. The van der Waals surface area contributed by atoms with Gasteiger partial charge in [-0.25, -0.2) is 0 Å². The fourth-order valence-corrected chi connectivity index (χ4v) is 2.80. The highest BCUT2D eigenvalue weighted by Gasteiger charge is 2.29. The van der Waals surface area contributed by atoms with E-state index in [1.54, 1.807) is 0 Å². The molecule has 0 amide bonds. The number of esters is 1. The van der Waals surface area contributed by atoms with Gasteiger partial charge < -0.3 is 4.74 Å². The summed E-state index contributed by atoms with van der Waals surface area (Å²) in [6.45, 7) is 6.33. The van der Waals surface area contributed by atoms with Crippen molar-refractivity contribution in [2.75, 3.05) is 13.2 Å². The summed E-state index contributed by atoms with van der Waals surface area (Å²) in [5.74, 6) is -0.0580. The van der Waals surface area contributed by atoms with Crippen LogP contribution in [-0.4, -0.2) is 30.1 Å². The van der Waals surface area contributed by atoms with Crippen LogP contribution in [0.15, 0.2) is 24.3 Å². The number of nitrogens with zero attached hydrogens (tertiary/aromatic N) is 1. The molecule has 1 saturated heterocycles. The molecule has 1 aliphatic heterocycles. The van der Waals surface area contributed by atoms with Crippen molar-refractivity contribution in [1.29, 1.82) is 0 Å². The van der Waals surface area contributed by atoms with Crippen LogP contribution in [0.5, 0.6) is 0 Å². The van der Waals surface area contributed by atoms with Crippen molar-refractivity contribution in [3.05, 3.63) is 35.4 Å². The van der Waals surface area contributed by atoms with Gasteiger partial charge in [-0.05, 0) is 43.9 Å². The number of hydrogen-bond acceptors (Lipinski definition) is 3. The molecule has 0 bridgehead atoms. The fourth-order valence-electron chi connectivity index (χ4n) is 2.80. The molecule has 0 unspecified atom stereocenters. The molecular formula is C17H25NO2. The van der Waals surface area contributed by atoms with E-state index < -0.39 is 0 Å². The molecule has 1 atom stereocenters. The summed E-state index contributed by atoms with van der Waals surface area (Å²) in [6.07, 6.45) is 4.28. The van der Waals surface area contributed by atoms with Gasteiger partial charge in [0.1, 0.15) is 6.04 Å². The van der Waals surface area contributed by atoms with Crippen LogP contribution in [0.3, 0.4) is 0 Å². The molecule has 1 aromatic carbocycles. The van der Waals surface area contributed by atoms with Gasteiger partial charge in [0.2, 0.25) is 0 Å². The number of piperidine rings is 1. The van der Waals surface area contributed by atoms with Crippen molar-refractivity contribution >= 4 is 5.97 Å². The highest BCUT2D eigenvalue weighted by atomic mass is 16.5. The molecule has 3 nitrogen and oxygen atoms in total. The molecule has 0 N–H and O–H groups in total. The van der Waals surface area contributed by atoms with Gasteiger partial charge in [-0.15, -0.1) is 0 Å². The second kappa shape index (κ2) is 7.44. The van der Waals surface area contributed by atoms with E-state index in [2.05, 4.69) is 36.1 Å². The summed E-state index contributed by atoms with van der Waals surface area (Å²) in [7, 11) is 0. The Morgan fingerprint density at radius 2 is 1.90 bits per heavy atom.